The summed E-state index contributed by atoms with van der Waals surface area (Å²) in [5, 5.41) is 2.76. The van der Waals surface area contributed by atoms with Crippen LogP contribution in [0.4, 0.5) is 10.5 Å². The molecule has 0 spiro atoms. The molecule has 3 atom stereocenters. The topological polar surface area (TPSA) is 38.3 Å². The van der Waals surface area contributed by atoms with E-state index in [9.17, 15) is 4.79 Å². The fourth-order valence-electron chi connectivity index (χ4n) is 3.97. The van der Waals surface area contributed by atoms with Crippen molar-refractivity contribution in [1.82, 2.24) is 0 Å². The molecule has 0 aromatic heterocycles. The first-order chi connectivity index (χ1) is 14.4. The Morgan fingerprint density at radius 2 is 1.20 bits per heavy atom. The molecule has 1 aromatic carbocycles. The van der Waals surface area contributed by atoms with Gasteiger partial charge in [-0.25, -0.2) is 4.79 Å². The van der Waals surface area contributed by atoms with Crippen LogP contribution in [0.1, 0.15) is 98.8 Å². The zero-order valence-corrected chi connectivity index (χ0v) is 20.3. The number of hydrogen-bond acceptors (Lipinski definition) is 2. The Bertz CT molecular complexity index is 543. The number of hydrogen-bond donors (Lipinski definition) is 1. The number of rotatable bonds is 16. The molecule has 30 heavy (non-hydrogen) atoms. The minimum absolute atomic E-state index is 0.361. The summed E-state index contributed by atoms with van der Waals surface area (Å²) < 4.78 is 5.31. The van der Waals surface area contributed by atoms with Gasteiger partial charge in [0.25, 0.3) is 0 Å². The molecule has 3 nitrogen and oxygen atoms in total. The molecular weight excluding hydrogens is 370 g/mol. The summed E-state index contributed by atoms with van der Waals surface area (Å²) in [5.74, 6) is 3.16. The van der Waals surface area contributed by atoms with Gasteiger partial charge in [-0.2, -0.15) is 0 Å². The van der Waals surface area contributed by atoms with Gasteiger partial charge in [0.1, 0.15) is 0 Å². The second-order valence-corrected chi connectivity index (χ2v) is 9.92. The Morgan fingerprint density at radius 1 is 0.733 bits per heavy atom. The fraction of sp³-hybridized carbons (Fsp3) is 0.741. The molecule has 1 rings (SSSR count). The molecule has 0 fully saturated rings. The smallest absolute Gasteiger partial charge is 0.411 e. The number of nitrogens with one attached hydrogen (secondary N) is 1. The number of carbonyl (C=O) groups excluding carboxylic acids is 1. The quantitative estimate of drug-likeness (QED) is 0.292. The molecule has 0 heterocycles. The first kappa shape index (κ1) is 26.5. The predicted molar refractivity (Wildman–Crippen MR) is 130 cm³/mol. The number of para-hydroxylation sites is 1. The molecule has 1 N–H and O–H groups in total. The van der Waals surface area contributed by atoms with Gasteiger partial charge in [0.05, 0.1) is 6.61 Å². The highest BCUT2D eigenvalue weighted by molar-refractivity contribution is 5.84. The first-order valence-electron chi connectivity index (χ1n) is 12.4. The third-order valence-corrected chi connectivity index (χ3v) is 6.13. The van der Waals surface area contributed by atoms with Crippen LogP contribution in [0, 0.1) is 23.7 Å². The summed E-state index contributed by atoms with van der Waals surface area (Å²) in [5.41, 5.74) is 0.773. The van der Waals surface area contributed by atoms with Crippen molar-refractivity contribution in [1.29, 1.82) is 0 Å². The maximum absolute atomic E-state index is 11.8. The van der Waals surface area contributed by atoms with Crippen molar-refractivity contribution in [3.8, 4) is 0 Å². The zero-order valence-electron chi connectivity index (χ0n) is 20.3. The molecule has 1 aromatic rings. The lowest BCUT2D eigenvalue weighted by Crippen LogP contribution is -2.15. The molecule has 0 saturated heterocycles. The van der Waals surface area contributed by atoms with Gasteiger partial charge in [-0.3, -0.25) is 5.32 Å². The molecule has 0 aliphatic carbocycles. The Hall–Kier alpha value is -1.51. The molecule has 1 amide bonds. The van der Waals surface area contributed by atoms with E-state index in [0.717, 1.165) is 29.9 Å². The number of amides is 1. The van der Waals surface area contributed by atoms with Crippen LogP contribution >= 0.6 is 0 Å². The van der Waals surface area contributed by atoms with Gasteiger partial charge in [-0.05, 0) is 42.2 Å². The summed E-state index contributed by atoms with van der Waals surface area (Å²) in [6, 6.07) is 9.44. The second-order valence-electron chi connectivity index (χ2n) is 9.92. The molecule has 0 radical (unpaired) electrons. The lowest BCUT2D eigenvalue weighted by atomic mass is 9.91. The number of carbonyl (C=O) groups is 1. The zero-order chi connectivity index (χ0) is 22.2. The van der Waals surface area contributed by atoms with Crippen LogP contribution in [0.15, 0.2) is 30.3 Å². The van der Waals surface area contributed by atoms with Crippen LogP contribution in [0.5, 0.6) is 0 Å². The minimum atomic E-state index is -0.361. The van der Waals surface area contributed by atoms with Gasteiger partial charge in [-0.15, -0.1) is 0 Å². The average Bonchev–Trinajstić information content (AvgIpc) is 2.68. The van der Waals surface area contributed by atoms with E-state index in [2.05, 4.69) is 39.9 Å². The van der Waals surface area contributed by atoms with Crippen molar-refractivity contribution in [3.05, 3.63) is 30.3 Å². The monoisotopic (exact) mass is 417 g/mol. The normalized spacial score (nSPS) is 14.3. The Kier molecular flexibility index (Phi) is 14.3. The van der Waals surface area contributed by atoms with E-state index in [1.54, 1.807) is 0 Å². The van der Waals surface area contributed by atoms with Crippen LogP contribution < -0.4 is 5.32 Å². The Balaban J connectivity index is 1.99. The van der Waals surface area contributed by atoms with Crippen LogP contribution in [0.2, 0.25) is 0 Å². The maximum atomic E-state index is 11.8. The number of anilines is 1. The summed E-state index contributed by atoms with van der Waals surface area (Å²) >= 11 is 0. The van der Waals surface area contributed by atoms with Gasteiger partial charge >= 0.3 is 6.09 Å². The Labute approximate surface area is 186 Å². The molecule has 0 saturated carbocycles. The van der Waals surface area contributed by atoms with Crippen LogP contribution in [0.25, 0.3) is 0 Å². The fourth-order valence-corrected chi connectivity index (χ4v) is 3.97. The van der Waals surface area contributed by atoms with Gasteiger partial charge in [0.15, 0.2) is 0 Å². The summed E-state index contributed by atoms with van der Waals surface area (Å²) in [6.07, 6.45) is 12.7. The number of benzene rings is 1. The first-order valence-corrected chi connectivity index (χ1v) is 12.4. The average molecular weight is 418 g/mol. The number of ether oxygens (including phenoxy) is 1. The summed E-state index contributed by atoms with van der Waals surface area (Å²) in [4.78, 5) is 11.8. The maximum Gasteiger partial charge on any atom is 0.411 e. The lowest BCUT2D eigenvalue weighted by Gasteiger charge is -2.16. The van der Waals surface area contributed by atoms with E-state index in [4.69, 9.17) is 4.74 Å². The van der Waals surface area contributed by atoms with E-state index < -0.39 is 0 Å². The van der Waals surface area contributed by atoms with E-state index >= 15 is 0 Å². The molecular formula is C27H47NO2. The Morgan fingerprint density at radius 3 is 1.70 bits per heavy atom. The van der Waals surface area contributed by atoms with Crippen LogP contribution in [0.3, 0.4) is 0 Å². The highest BCUT2D eigenvalue weighted by atomic mass is 16.5. The van der Waals surface area contributed by atoms with E-state index in [1.807, 2.05) is 30.3 Å². The molecule has 172 valence electrons. The highest BCUT2D eigenvalue weighted by Gasteiger charge is 2.09. The third-order valence-electron chi connectivity index (χ3n) is 6.13. The van der Waals surface area contributed by atoms with Crippen molar-refractivity contribution in [2.45, 2.75) is 98.8 Å². The summed E-state index contributed by atoms with van der Waals surface area (Å²) in [7, 11) is 0. The molecule has 0 aliphatic rings. The lowest BCUT2D eigenvalue weighted by molar-refractivity contribution is 0.153. The van der Waals surface area contributed by atoms with Crippen LogP contribution in [-0.4, -0.2) is 12.7 Å². The molecule has 0 aliphatic heterocycles. The molecule has 0 bridgehead atoms. The predicted octanol–water partition coefficient (Wildman–Crippen LogP) is 8.70. The molecule has 3 heteroatoms. The van der Waals surface area contributed by atoms with E-state index in [-0.39, 0.29) is 6.09 Å². The SMILES string of the molecule is CC(C)CCCC(C)CCCC(C)CCCC(C)CCOC(=O)Nc1ccccc1. The minimum Gasteiger partial charge on any atom is -0.449 e. The largest absolute Gasteiger partial charge is 0.449 e. The van der Waals surface area contributed by atoms with Gasteiger partial charge < -0.3 is 4.74 Å². The summed E-state index contributed by atoms with van der Waals surface area (Å²) in [6.45, 7) is 12.2. The van der Waals surface area contributed by atoms with Crippen molar-refractivity contribution < 1.29 is 9.53 Å². The molecule has 3 unspecified atom stereocenters. The van der Waals surface area contributed by atoms with Crippen molar-refractivity contribution in [3.63, 3.8) is 0 Å². The van der Waals surface area contributed by atoms with E-state index in [0.29, 0.717) is 12.5 Å². The highest BCUT2D eigenvalue weighted by Crippen LogP contribution is 2.22. The van der Waals surface area contributed by atoms with Gasteiger partial charge in [-0.1, -0.05) is 111 Å². The standard InChI is InChI=1S/C27H47NO2/c1-22(2)12-9-13-23(3)14-10-15-24(4)16-11-17-25(5)20-21-30-27(29)28-26-18-7-6-8-19-26/h6-8,18-19,22-25H,9-17,20-21H2,1-5H3,(H,28,29). The van der Waals surface area contributed by atoms with Crippen molar-refractivity contribution in [2.24, 2.45) is 23.7 Å². The third kappa shape index (κ3) is 14.5. The van der Waals surface area contributed by atoms with E-state index in [1.165, 1.54) is 57.8 Å². The van der Waals surface area contributed by atoms with Gasteiger partial charge in [0.2, 0.25) is 0 Å². The van der Waals surface area contributed by atoms with Gasteiger partial charge in [0, 0.05) is 5.69 Å². The van der Waals surface area contributed by atoms with Crippen molar-refractivity contribution >= 4 is 11.8 Å². The van der Waals surface area contributed by atoms with Crippen LogP contribution in [-0.2, 0) is 4.74 Å². The second kappa shape index (κ2) is 16.2. The van der Waals surface area contributed by atoms with Crippen molar-refractivity contribution in [2.75, 3.05) is 11.9 Å².